The summed E-state index contributed by atoms with van der Waals surface area (Å²) in [6.45, 7) is 2.51. The summed E-state index contributed by atoms with van der Waals surface area (Å²) in [5, 5.41) is 30.8. The molecule has 2 aromatic heterocycles. The lowest BCUT2D eigenvalue weighted by Gasteiger charge is -2.36. The van der Waals surface area contributed by atoms with Gasteiger partial charge < -0.3 is 15.7 Å². The first-order chi connectivity index (χ1) is 14.7. The molecule has 1 aliphatic carbocycles. The minimum Gasteiger partial charge on any atom is -0.391 e. The van der Waals surface area contributed by atoms with Crippen LogP contribution in [0.3, 0.4) is 0 Å². The van der Waals surface area contributed by atoms with Crippen molar-refractivity contribution in [3.63, 3.8) is 0 Å². The number of likely N-dealkylation sites (tertiary alicyclic amines) is 1. The zero-order valence-electron chi connectivity index (χ0n) is 16.7. The van der Waals surface area contributed by atoms with Crippen molar-refractivity contribution in [3.8, 4) is 6.07 Å². The number of piperidine rings is 1. The fraction of sp³-hybridized carbons (Fsp3) is 0.409. The number of hydrogen-bond acceptors (Lipinski definition) is 7. The van der Waals surface area contributed by atoms with E-state index in [9.17, 15) is 5.11 Å². The quantitative estimate of drug-likeness (QED) is 0.581. The van der Waals surface area contributed by atoms with Crippen molar-refractivity contribution in [3.05, 3.63) is 48.2 Å². The van der Waals surface area contributed by atoms with Crippen LogP contribution >= 0.6 is 0 Å². The van der Waals surface area contributed by atoms with E-state index in [4.69, 9.17) is 5.26 Å². The van der Waals surface area contributed by atoms with Crippen LogP contribution in [-0.2, 0) is 0 Å². The topological polar surface area (TPSA) is 102 Å². The predicted molar refractivity (Wildman–Crippen MR) is 115 cm³/mol. The number of aromatic nitrogens is 3. The van der Waals surface area contributed by atoms with Gasteiger partial charge in [-0.3, -0.25) is 4.90 Å². The van der Waals surface area contributed by atoms with Crippen LogP contribution < -0.4 is 10.6 Å². The van der Waals surface area contributed by atoms with E-state index in [1.54, 1.807) is 22.8 Å². The van der Waals surface area contributed by atoms with Gasteiger partial charge in [-0.2, -0.15) is 14.9 Å². The van der Waals surface area contributed by atoms with E-state index in [1.807, 2.05) is 24.3 Å². The first-order valence-electron chi connectivity index (χ1n) is 10.5. The first kappa shape index (κ1) is 18.9. The van der Waals surface area contributed by atoms with Crippen LogP contribution in [-0.4, -0.2) is 56.4 Å². The zero-order chi connectivity index (χ0) is 20.5. The maximum absolute atomic E-state index is 10.6. The molecule has 2 atom stereocenters. The van der Waals surface area contributed by atoms with Crippen molar-refractivity contribution in [2.75, 3.05) is 30.3 Å². The van der Waals surface area contributed by atoms with E-state index >= 15 is 0 Å². The second-order valence-electron chi connectivity index (χ2n) is 8.17. The number of rotatable bonds is 6. The van der Waals surface area contributed by atoms with Crippen molar-refractivity contribution < 1.29 is 5.11 Å². The molecule has 1 saturated carbocycles. The van der Waals surface area contributed by atoms with E-state index < -0.39 is 0 Å². The van der Waals surface area contributed by atoms with Gasteiger partial charge >= 0.3 is 0 Å². The Morgan fingerprint density at radius 1 is 1.20 bits per heavy atom. The van der Waals surface area contributed by atoms with Gasteiger partial charge in [0.2, 0.25) is 0 Å². The summed E-state index contributed by atoms with van der Waals surface area (Å²) < 4.78 is 1.73. The van der Waals surface area contributed by atoms with Crippen LogP contribution in [0.2, 0.25) is 0 Å². The third-order valence-corrected chi connectivity index (χ3v) is 5.98. The SMILES string of the molecule is N#Cc1cccc(Nc2cc(NC[C@H]3CCN(C4CC4)C[C@@H]3O)nc3ccnn23)c1. The largest absolute Gasteiger partial charge is 0.391 e. The molecule has 0 unspecified atom stereocenters. The molecule has 30 heavy (non-hydrogen) atoms. The molecule has 2 fully saturated rings. The van der Waals surface area contributed by atoms with Crippen LogP contribution in [0.15, 0.2) is 42.6 Å². The highest BCUT2D eigenvalue weighted by molar-refractivity contribution is 5.64. The molecule has 154 valence electrons. The zero-order valence-corrected chi connectivity index (χ0v) is 16.7. The van der Waals surface area contributed by atoms with Crippen LogP contribution in [0.4, 0.5) is 17.3 Å². The number of fused-ring (bicyclic) bond motifs is 1. The summed E-state index contributed by atoms with van der Waals surface area (Å²) in [7, 11) is 0. The van der Waals surface area contributed by atoms with Crippen molar-refractivity contribution in [2.45, 2.75) is 31.4 Å². The number of nitriles is 1. The monoisotopic (exact) mass is 403 g/mol. The standard InChI is InChI=1S/C22H25N7O/c23-12-15-2-1-3-17(10-15)26-22-11-20(27-21-6-8-25-29(21)22)24-13-16-7-9-28(14-19(16)30)18-4-5-18/h1-3,6,8,10-11,16,18-19,26,30H,4-5,7,9,13-14H2,(H,24,27)/t16-,19+/m1/s1. The van der Waals surface area contributed by atoms with E-state index in [0.717, 1.165) is 42.5 Å². The number of β-amino-alcohol motifs (C(OH)–C–C–N with tert-alkyl or cyclic N) is 1. The van der Waals surface area contributed by atoms with Gasteiger partial charge in [0.1, 0.15) is 11.6 Å². The average molecular weight is 403 g/mol. The molecule has 2 aliphatic rings. The number of hydrogen-bond donors (Lipinski definition) is 3. The molecule has 5 rings (SSSR count). The van der Waals surface area contributed by atoms with Gasteiger partial charge in [-0.1, -0.05) is 6.07 Å². The van der Waals surface area contributed by atoms with Crippen molar-refractivity contribution in [2.24, 2.45) is 5.92 Å². The van der Waals surface area contributed by atoms with Crippen molar-refractivity contribution in [1.29, 1.82) is 5.26 Å². The van der Waals surface area contributed by atoms with Gasteiger partial charge in [0.15, 0.2) is 5.65 Å². The van der Waals surface area contributed by atoms with Gasteiger partial charge in [-0.25, -0.2) is 4.98 Å². The van der Waals surface area contributed by atoms with Gasteiger partial charge in [0, 0.05) is 42.9 Å². The Morgan fingerprint density at radius 3 is 2.90 bits per heavy atom. The molecule has 1 aromatic carbocycles. The smallest absolute Gasteiger partial charge is 0.159 e. The fourth-order valence-corrected chi connectivity index (χ4v) is 4.16. The summed E-state index contributed by atoms with van der Waals surface area (Å²) in [5.41, 5.74) is 2.13. The third kappa shape index (κ3) is 3.95. The maximum Gasteiger partial charge on any atom is 0.159 e. The van der Waals surface area contributed by atoms with Gasteiger partial charge in [0.25, 0.3) is 0 Å². The molecule has 3 heterocycles. The second-order valence-corrected chi connectivity index (χ2v) is 8.17. The summed E-state index contributed by atoms with van der Waals surface area (Å²) in [6, 6.07) is 13.9. The summed E-state index contributed by atoms with van der Waals surface area (Å²) >= 11 is 0. The van der Waals surface area contributed by atoms with E-state index in [2.05, 4.69) is 31.7 Å². The van der Waals surface area contributed by atoms with Gasteiger partial charge in [0.05, 0.1) is 23.9 Å². The lowest BCUT2D eigenvalue weighted by Crippen LogP contribution is -2.46. The Labute approximate surface area is 175 Å². The second kappa shape index (κ2) is 7.94. The summed E-state index contributed by atoms with van der Waals surface area (Å²) in [6.07, 6.45) is 4.94. The lowest BCUT2D eigenvalue weighted by molar-refractivity contribution is 0.0235. The number of aliphatic hydroxyl groups is 1. The molecule has 0 bridgehead atoms. The molecular formula is C22H25N7O. The van der Waals surface area contributed by atoms with E-state index in [-0.39, 0.29) is 12.0 Å². The molecule has 0 spiro atoms. The Bertz CT molecular complexity index is 1080. The van der Waals surface area contributed by atoms with Crippen molar-refractivity contribution in [1.82, 2.24) is 19.5 Å². The summed E-state index contributed by atoms with van der Waals surface area (Å²) in [5.74, 6) is 1.71. The molecule has 1 saturated heterocycles. The number of nitrogens with zero attached hydrogens (tertiary/aromatic N) is 5. The molecule has 1 aliphatic heterocycles. The average Bonchev–Trinajstić information content (AvgIpc) is 3.50. The van der Waals surface area contributed by atoms with Crippen LogP contribution in [0.25, 0.3) is 5.65 Å². The van der Waals surface area contributed by atoms with Gasteiger partial charge in [-0.05, 0) is 44.0 Å². The molecule has 8 heteroatoms. The van der Waals surface area contributed by atoms with Crippen LogP contribution in [0, 0.1) is 17.2 Å². The molecule has 0 amide bonds. The first-order valence-corrected chi connectivity index (χ1v) is 10.5. The highest BCUT2D eigenvalue weighted by atomic mass is 16.3. The molecule has 8 nitrogen and oxygen atoms in total. The fourth-order valence-electron chi connectivity index (χ4n) is 4.16. The van der Waals surface area contributed by atoms with Gasteiger partial charge in [-0.15, -0.1) is 0 Å². The molecule has 3 aromatic rings. The minimum atomic E-state index is -0.308. The number of benzene rings is 1. The third-order valence-electron chi connectivity index (χ3n) is 5.98. The highest BCUT2D eigenvalue weighted by Crippen LogP contribution is 2.31. The Hall–Kier alpha value is -3.15. The minimum absolute atomic E-state index is 0.214. The normalized spacial score (nSPS) is 22.0. The van der Waals surface area contributed by atoms with E-state index in [0.29, 0.717) is 18.2 Å². The number of anilines is 3. The highest BCUT2D eigenvalue weighted by Gasteiger charge is 2.35. The van der Waals surface area contributed by atoms with Crippen LogP contribution in [0.5, 0.6) is 0 Å². The van der Waals surface area contributed by atoms with Crippen molar-refractivity contribution >= 4 is 23.0 Å². The Morgan fingerprint density at radius 2 is 2.10 bits per heavy atom. The lowest BCUT2D eigenvalue weighted by atomic mass is 9.93. The predicted octanol–water partition coefficient (Wildman–Crippen LogP) is 2.60. The van der Waals surface area contributed by atoms with E-state index in [1.165, 1.54) is 12.8 Å². The van der Waals surface area contributed by atoms with Crippen LogP contribution in [0.1, 0.15) is 24.8 Å². The summed E-state index contributed by atoms with van der Waals surface area (Å²) in [4.78, 5) is 7.06. The Kier molecular flexibility index (Phi) is 4.99. The maximum atomic E-state index is 10.6. The number of aliphatic hydroxyl groups excluding tert-OH is 1. The molecule has 3 N–H and O–H groups in total. The number of nitrogens with one attached hydrogen (secondary N) is 2. The Balaban J connectivity index is 1.31. The molecule has 0 radical (unpaired) electrons. The molecular weight excluding hydrogens is 378 g/mol.